The number of hydrogen-bond acceptors (Lipinski definition) is 3. The number of para-hydroxylation sites is 3. The molecule has 0 fully saturated rings. The van der Waals surface area contributed by atoms with Crippen LogP contribution in [0.5, 0.6) is 0 Å². The van der Waals surface area contributed by atoms with Crippen molar-refractivity contribution in [2.45, 2.75) is 39.5 Å². The molecule has 1 heterocycles. The van der Waals surface area contributed by atoms with Crippen molar-refractivity contribution in [3.8, 4) is 11.4 Å². The maximum Gasteiger partial charge on any atom is 0.349 e. The molecule has 4 rings (SSSR count). The molecule has 1 aromatic heterocycles. The zero-order valence-electron chi connectivity index (χ0n) is 19.7. The minimum Gasteiger partial charge on any atom is -0.306 e. The van der Waals surface area contributed by atoms with E-state index in [2.05, 4.69) is 38.0 Å². The number of rotatable bonds is 5. The summed E-state index contributed by atoms with van der Waals surface area (Å²) in [5.74, 6) is 0.355. The van der Waals surface area contributed by atoms with Crippen LogP contribution in [0.3, 0.4) is 0 Å². The van der Waals surface area contributed by atoms with Gasteiger partial charge in [0.15, 0.2) is 0 Å². The molecular formula is C27H28N4O2S. The molecule has 0 unspecified atom stereocenters. The first-order valence-electron chi connectivity index (χ1n) is 11.3. The molecule has 2 amide bonds. The van der Waals surface area contributed by atoms with E-state index in [0.717, 1.165) is 34.0 Å². The predicted octanol–water partition coefficient (Wildman–Crippen LogP) is 6.07. The van der Waals surface area contributed by atoms with Crippen molar-refractivity contribution < 1.29 is 4.79 Å². The summed E-state index contributed by atoms with van der Waals surface area (Å²) in [4.78, 5) is 31.4. The van der Waals surface area contributed by atoms with Crippen molar-refractivity contribution in [1.29, 1.82) is 0 Å². The molecule has 174 valence electrons. The Morgan fingerprint density at radius 3 is 1.94 bits per heavy atom. The summed E-state index contributed by atoms with van der Waals surface area (Å²) >= 11 is 1.15. The van der Waals surface area contributed by atoms with E-state index < -0.39 is 6.03 Å². The van der Waals surface area contributed by atoms with E-state index in [1.807, 2.05) is 66.7 Å². The highest BCUT2D eigenvalue weighted by molar-refractivity contribution is 7.03. The molecule has 0 saturated carbocycles. The molecule has 0 aliphatic rings. The minimum atomic E-state index is -0.533. The Bertz CT molecular complexity index is 1390. The van der Waals surface area contributed by atoms with Gasteiger partial charge < -0.3 is 5.32 Å². The smallest absolute Gasteiger partial charge is 0.306 e. The molecule has 0 bridgehead atoms. The van der Waals surface area contributed by atoms with Gasteiger partial charge in [-0.15, -0.1) is 0 Å². The second-order valence-electron chi connectivity index (χ2n) is 8.62. The van der Waals surface area contributed by atoms with Crippen LogP contribution >= 0.6 is 11.5 Å². The standard InChI is InChI=1S/C27H28N4O2S/c1-18(2)22-16-11-17-23(19(3)4)24(22)30-26(29-25(32)28-20-12-7-5-8-13-20)34-31(27(30)33)21-14-9-6-10-15-21/h5-19H,1-4H3,(H,28,32)/b29-26-. The molecule has 0 spiro atoms. The average molecular weight is 473 g/mol. The lowest BCUT2D eigenvalue weighted by atomic mass is 9.92. The number of benzene rings is 3. The van der Waals surface area contributed by atoms with Gasteiger partial charge in [-0.2, -0.15) is 4.99 Å². The fourth-order valence-electron chi connectivity index (χ4n) is 3.85. The average Bonchev–Trinajstić information content (AvgIpc) is 3.14. The van der Waals surface area contributed by atoms with Crippen LogP contribution in [-0.4, -0.2) is 14.6 Å². The van der Waals surface area contributed by atoms with Gasteiger partial charge in [0.05, 0.1) is 11.4 Å². The third-order valence-corrected chi connectivity index (χ3v) is 6.50. The fraction of sp³-hybridized carbons (Fsp3) is 0.222. The number of carbonyl (C=O) groups is 1. The first-order chi connectivity index (χ1) is 16.4. The summed E-state index contributed by atoms with van der Waals surface area (Å²) < 4.78 is 3.17. The van der Waals surface area contributed by atoms with Crippen molar-refractivity contribution in [2.24, 2.45) is 4.99 Å². The molecule has 6 nitrogen and oxygen atoms in total. The van der Waals surface area contributed by atoms with E-state index in [1.165, 1.54) is 0 Å². The molecule has 0 aliphatic heterocycles. The van der Waals surface area contributed by atoms with Gasteiger partial charge >= 0.3 is 11.7 Å². The van der Waals surface area contributed by atoms with Crippen molar-refractivity contribution in [3.05, 3.63) is 105 Å². The molecule has 3 aromatic carbocycles. The molecule has 0 atom stereocenters. The first kappa shape index (κ1) is 23.4. The number of aromatic nitrogens is 2. The zero-order chi connectivity index (χ0) is 24.2. The normalized spacial score (nSPS) is 11.9. The molecule has 4 aromatic rings. The van der Waals surface area contributed by atoms with Crippen molar-refractivity contribution in [3.63, 3.8) is 0 Å². The number of amides is 2. The van der Waals surface area contributed by atoms with Crippen LogP contribution in [0, 0.1) is 0 Å². The third kappa shape index (κ3) is 4.79. The Morgan fingerprint density at radius 1 is 0.824 bits per heavy atom. The summed E-state index contributed by atoms with van der Waals surface area (Å²) in [5.41, 5.74) is 3.98. The Kier molecular flexibility index (Phi) is 6.93. The second kappa shape index (κ2) is 10.1. The first-order valence-corrected chi connectivity index (χ1v) is 12.1. The fourth-order valence-corrected chi connectivity index (χ4v) is 4.78. The highest BCUT2D eigenvalue weighted by Gasteiger charge is 2.21. The molecule has 34 heavy (non-hydrogen) atoms. The van der Waals surface area contributed by atoms with Crippen LogP contribution in [0.2, 0.25) is 0 Å². The van der Waals surface area contributed by atoms with Crippen LogP contribution < -0.4 is 15.8 Å². The SMILES string of the molecule is CC(C)c1cccc(C(C)C)c1-n1c(=O)n(-c2ccccc2)s/c1=N\C(=O)Nc1ccccc1. The van der Waals surface area contributed by atoms with Gasteiger partial charge in [0.2, 0.25) is 4.80 Å². The largest absolute Gasteiger partial charge is 0.349 e. The van der Waals surface area contributed by atoms with E-state index in [-0.39, 0.29) is 17.5 Å². The zero-order valence-corrected chi connectivity index (χ0v) is 20.5. The predicted molar refractivity (Wildman–Crippen MR) is 138 cm³/mol. The van der Waals surface area contributed by atoms with Gasteiger partial charge in [0, 0.05) is 5.69 Å². The van der Waals surface area contributed by atoms with Crippen LogP contribution in [0.25, 0.3) is 11.4 Å². The lowest BCUT2D eigenvalue weighted by Crippen LogP contribution is -2.30. The molecule has 0 aliphatic carbocycles. The van der Waals surface area contributed by atoms with Gasteiger partial charge in [-0.3, -0.25) is 0 Å². The van der Waals surface area contributed by atoms with Crippen LogP contribution in [0.1, 0.15) is 50.7 Å². The summed E-state index contributed by atoms with van der Waals surface area (Å²) in [7, 11) is 0. The highest BCUT2D eigenvalue weighted by Crippen LogP contribution is 2.30. The highest BCUT2D eigenvalue weighted by atomic mass is 32.1. The number of nitrogens with zero attached hydrogens (tertiary/aromatic N) is 3. The Hall–Kier alpha value is -3.71. The topological polar surface area (TPSA) is 68.4 Å². The van der Waals surface area contributed by atoms with Crippen LogP contribution in [0.15, 0.2) is 88.6 Å². The van der Waals surface area contributed by atoms with Gasteiger partial charge in [0.1, 0.15) is 0 Å². The monoisotopic (exact) mass is 472 g/mol. The van der Waals surface area contributed by atoms with Crippen molar-refractivity contribution in [1.82, 2.24) is 8.52 Å². The van der Waals surface area contributed by atoms with Crippen molar-refractivity contribution >= 4 is 23.3 Å². The van der Waals surface area contributed by atoms with E-state index in [4.69, 9.17) is 0 Å². The number of urea groups is 1. The molecule has 7 heteroatoms. The quantitative estimate of drug-likeness (QED) is 0.383. The van der Waals surface area contributed by atoms with Crippen molar-refractivity contribution in [2.75, 3.05) is 5.32 Å². The summed E-state index contributed by atoms with van der Waals surface area (Å²) in [5, 5.41) is 2.79. The third-order valence-electron chi connectivity index (χ3n) is 5.51. The van der Waals surface area contributed by atoms with E-state index in [0.29, 0.717) is 10.5 Å². The van der Waals surface area contributed by atoms with Crippen LogP contribution in [0.4, 0.5) is 10.5 Å². The van der Waals surface area contributed by atoms with Gasteiger partial charge in [-0.1, -0.05) is 82.3 Å². The minimum absolute atomic E-state index is 0.177. The lowest BCUT2D eigenvalue weighted by Gasteiger charge is -2.19. The lowest BCUT2D eigenvalue weighted by molar-refractivity contribution is 0.259. The number of anilines is 1. The summed E-state index contributed by atoms with van der Waals surface area (Å²) in [6, 6.07) is 24.1. The Labute approximate surface area is 203 Å². The second-order valence-corrected chi connectivity index (χ2v) is 9.54. The maximum absolute atomic E-state index is 13.8. The number of hydrogen-bond donors (Lipinski definition) is 1. The Morgan fingerprint density at radius 2 is 1.38 bits per heavy atom. The summed E-state index contributed by atoms with van der Waals surface area (Å²) in [6.45, 7) is 8.41. The Balaban J connectivity index is 1.99. The number of carbonyl (C=O) groups excluding carboxylic acids is 1. The van der Waals surface area contributed by atoms with Crippen LogP contribution in [-0.2, 0) is 0 Å². The van der Waals surface area contributed by atoms with E-state index in [1.54, 1.807) is 20.7 Å². The van der Waals surface area contributed by atoms with Gasteiger partial charge in [-0.05, 0) is 58.8 Å². The summed E-state index contributed by atoms with van der Waals surface area (Å²) in [6.07, 6.45) is 0. The molecule has 0 saturated heterocycles. The molecule has 0 radical (unpaired) electrons. The van der Waals surface area contributed by atoms with Gasteiger partial charge in [-0.25, -0.2) is 18.1 Å². The number of nitrogens with one attached hydrogen (secondary N) is 1. The van der Waals surface area contributed by atoms with E-state index >= 15 is 0 Å². The van der Waals surface area contributed by atoms with Gasteiger partial charge in [0.25, 0.3) is 0 Å². The molecule has 1 N–H and O–H groups in total. The van der Waals surface area contributed by atoms with E-state index in [9.17, 15) is 9.59 Å². The maximum atomic E-state index is 13.8. The molecular weight excluding hydrogens is 444 g/mol.